The molecule has 1 atom stereocenters. The molecule has 38 heavy (non-hydrogen) atoms. The molecule has 0 aliphatic carbocycles. The summed E-state index contributed by atoms with van der Waals surface area (Å²) >= 11 is 0. The van der Waals surface area contributed by atoms with Gasteiger partial charge in [0.05, 0.1) is 4.90 Å². The lowest BCUT2D eigenvalue weighted by atomic mass is 10.0. The minimum absolute atomic E-state index is 0.0841. The highest BCUT2D eigenvalue weighted by Crippen LogP contribution is 2.24. The first-order valence-corrected chi connectivity index (χ1v) is 14.0. The molecular weight excluding hydrogens is 498 g/mol. The monoisotopic (exact) mass is 531 g/mol. The lowest BCUT2D eigenvalue weighted by Crippen LogP contribution is -2.47. The minimum Gasteiger partial charge on any atom is -0.459 e. The van der Waals surface area contributed by atoms with Crippen molar-refractivity contribution in [1.82, 2.24) is 4.72 Å². The number of hydrogen-bond donors (Lipinski definition) is 1. The Labute approximate surface area is 224 Å². The van der Waals surface area contributed by atoms with Crippen LogP contribution in [0.1, 0.15) is 45.9 Å². The second-order valence-electron chi connectivity index (χ2n) is 10.5. The van der Waals surface area contributed by atoms with Gasteiger partial charge in [-0.2, -0.15) is 4.72 Å². The molecule has 0 saturated carbocycles. The highest BCUT2D eigenvalue weighted by Gasteiger charge is 2.32. The Morgan fingerprint density at radius 2 is 1.50 bits per heavy atom. The molecular formula is C31H33NO5S. The fourth-order valence-electron chi connectivity index (χ4n) is 3.93. The number of sulfonamides is 1. The molecule has 6 nitrogen and oxygen atoms in total. The van der Waals surface area contributed by atoms with Gasteiger partial charge >= 0.3 is 5.97 Å². The largest absolute Gasteiger partial charge is 0.459 e. The Morgan fingerprint density at radius 3 is 2.08 bits per heavy atom. The third kappa shape index (κ3) is 6.79. The summed E-state index contributed by atoms with van der Waals surface area (Å²) in [7, 11) is -3.92. The lowest BCUT2D eigenvalue weighted by molar-refractivity contribution is -0.158. The van der Waals surface area contributed by atoms with Gasteiger partial charge in [-0.05, 0) is 73.7 Å². The van der Waals surface area contributed by atoms with Crippen LogP contribution in [0, 0.1) is 5.92 Å². The summed E-state index contributed by atoms with van der Waals surface area (Å²) in [6.07, 6.45) is 3.92. The summed E-state index contributed by atoms with van der Waals surface area (Å²) in [5.74, 6) is -0.0903. The van der Waals surface area contributed by atoms with E-state index < -0.39 is 27.6 Å². The van der Waals surface area contributed by atoms with Crippen molar-refractivity contribution in [2.75, 3.05) is 0 Å². The average molecular weight is 532 g/mol. The highest BCUT2D eigenvalue weighted by atomic mass is 32.2. The quantitative estimate of drug-likeness (QED) is 0.250. The zero-order valence-corrected chi connectivity index (χ0v) is 23.1. The van der Waals surface area contributed by atoms with Crippen LogP contribution in [0.15, 0.2) is 88.2 Å². The van der Waals surface area contributed by atoms with Crippen molar-refractivity contribution in [2.24, 2.45) is 5.92 Å². The Kier molecular flexibility index (Phi) is 7.90. The number of hydrogen-bond acceptors (Lipinski definition) is 5. The number of fused-ring (bicyclic) bond motifs is 1. The van der Waals surface area contributed by atoms with E-state index in [-0.39, 0.29) is 10.8 Å². The molecule has 4 aromatic rings. The first-order valence-electron chi connectivity index (χ1n) is 12.5. The fraction of sp³-hybridized carbons (Fsp3) is 0.258. The normalized spacial score (nSPS) is 13.3. The van der Waals surface area contributed by atoms with Crippen molar-refractivity contribution in [1.29, 1.82) is 0 Å². The molecule has 0 amide bonds. The maximum Gasteiger partial charge on any atom is 0.324 e. The molecule has 0 saturated heterocycles. The van der Waals surface area contributed by atoms with Crippen molar-refractivity contribution in [3.05, 3.63) is 90.2 Å². The van der Waals surface area contributed by atoms with Gasteiger partial charge in [0.2, 0.25) is 10.0 Å². The van der Waals surface area contributed by atoms with Crippen LogP contribution in [0.5, 0.6) is 0 Å². The third-order valence-electron chi connectivity index (χ3n) is 5.90. The van der Waals surface area contributed by atoms with E-state index in [1.165, 1.54) is 0 Å². The molecule has 3 aromatic carbocycles. The predicted molar refractivity (Wildman–Crippen MR) is 152 cm³/mol. The number of ether oxygens (including phenoxy) is 1. The summed E-state index contributed by atoms with van der Waals surface area (Å²) in [5, 5.41) is 1.06. The van der Waals surface area contributed by atoms with Crippen LogP contribution in [-0.4, -0.2) is 26.0 Å². The Hall–Kier alpha value is -3.68. The maximum absolute atomic E-state index is 13.0. The molecule has 7 heteroatoms. The molecule has 198 valence electrons. The lowest BCUT2D eigenvalue weighted by Gasteiger charge is -2.26. The first-order chi connectivity index (χ1) is 17.9. The average Bonchev–Trinajstić information content (AvgIpc) is 3.28. The molecule has 1 N–H and O–H groups in total. The molecule has 0 aliphatic heterocycles. The molecule has 1 unspecified atom stereocenters. The summed E-state index contributed by atoms with van der Waals surface area (Å²) in [6, 6.07) is 23.5. The standard InChI is InChI=1S/C31H33NO5S/c1-21(2)29(30(33)37-31(3,4)5)32-38(34,35)27-18-15-24(16-19-27)23-13-10-22(11-14-23)12-17-26-20-25-8-6-7-9-28(25)36-26/h6-21,29,32H,1-5H3. The second-order valence-corrected chi connectivity index (χ2v) is 12.3. The SMILES string of the molecule is CC(C)C(NS(=O)(=O)c1ccc(-c2ccc(C=Cc3cc4ccccc4o3)cc2)cc1)C(=O)OC(C)(C)C. The van der Waals surface area contributed by atoms with Gasteiger partial charge in [-0.25, -0.2) is 8.42 Å². The van der Waals surface area contributed by atoms with Crippen molar-refractivity contribution in [2.45, 2.75) is 51.2 Å². The van der Waals surface area contributed by atoms with E-state index in [0.717, 1.165) is 33.4 Å². The number of benzene rings is 3. The molecule has 0 spiro atoms. The molecule has 0 aliphatic rings. The summed E-state index contributed by atoms with van der Waals surface area (Å²) < 4.78 is 39.8. The van der Waals surface area contributed by atoms with Crippen LogP contribution < -0.4 is 4.72 Å². The maximum atomic E-state index is 13.0. The van der Waals surface area contributed by atoms with Crippen molar-refractivity contribution >= 4 is 39.1 Å². The molecule has 4 rings (SSSR count). The number of carbonyl (C=O) groups is 1. The zero-order chi connectivity index (χ0) is 27.5. The van der Waals surface area contributed by atoms with Gasteiger partial charge in [-0.3, -0.25) is 4.79 Å². The van der Waals surface area contributed by atoms with E-state index in [9.17, 15) is 13.2 Å². The topological polar surface area (TPSA) is 85.6 Å². The van der Waals surface area contributed by atoms with Gasteiger partial charge in [0, 0.05) is 5.39 Å². The van der Waals surface area contributed by atoms with Gasteiger partial charge < -0.3 is 9.15 Å². The van der Waals surface area contributed by atoms with Crippen LogP contribution >= 0.6 is 0 Å². The molecule has 0 radical (unpaired) electrons. The number of rotatable bonds is 8. The van der Waals surface area contributed by atoms with E-state index in [0.29, 0.717) is 0 Å². The summed E-state index contributed by atoms with van der Waals surface area (Å²) in [4.78, 5) is 12.7. The second kappa shape index (κ2) is 11.0. The summed E-state index contributed by atoms with van der Waals surface area (Å²) in [6.45, 7) is 8.79. The van der Waals surface area contributed by atoms with E-state index in [1.54, 1.807) is 58.9 Å². The van der Waals surface area contributed by atoms with E-state index in [2.05, 4.69) is 4.72 Å². The van der Waals surface area contributed by atoms with Crippen LogP contribution in [0.3, 0.4) is 0 Å². The predicted octanol–water partition coefficient (Wildman–Crippen LogP) is 6.91. The minimum atomic E-state index is -3.92. The van der Waals surface area contributed by atoms with Crippen LogP contribution in [-0.2, 0) is 19.6 Å². The Bertz CT molecular complexity index is 1510. The highest BCUT2D eigenvalue weighted by molar-refractivity contribution is 7.89. The molecule has 0 fully saturated rings. The third-order valence-corrected chi connectivity index (χ3v) is 7.36. The number of furan rings is 1. The molecule has 1 aromatic heterocycles. The fourth-order valence-corrected chi connectivity index (χ4v) is 5.27. The number of esters is 1. The van der Waals surface area contributed by atoms with Gasteiger partial charge in [-0.1, -0.05) is 74.5 Å². The summed E-state index contributed by atoms with van der Waals surface area (Å²) in [5.41, 5.74) is 2.99. The Balaban J connectivity index is 1.45. The van der Waals surface area contributed by atoms with Crippen LogP contribution in [0.25, 0.3) is 34.2 Å². The molecule has 1 heterocycles. The van der Waals surface area contributed by atoms with Crippen molar-refractivity contribution in [3.8, 4) is 11.1 Å². The number of carbonyl (C=O) groups excluding carboxylic acids is 1. The van der Waals surface area contributed by atoms with E-state index >= 15 is 0 Å². The van der Waals surface area contributed by atoms with Gasteiger partial charge in [-0.15, -0.1) is 0 Å². The van der Waals surface area contributed by atoms with Crippen LogP contribution in [0.2, 0.25) is 0 Å². The number of para-hydroxylation sites is 1. The van der Waals surface area contributed by atoms with Crippen molar-refractivity contribution in [3.63, 3.8) is 0 Å². The first kappa shape index (κ1) is 27.4. The van der Waals surface area contributed by atoms with E-state index in [1.807, 2.05) is 66.7 Å². The smallest absolute Gasteiger partial charge is 0.324 e. The van der Waals surface area contributed by atoms with Gasteiger partial charge in [0.25, 0.3) is 0 Å². The van der Waals surface area contributed by atoms with Crippen LogP contribution in [0.4, 0.5) is 0 Å². The van der Waals surface area contributed by atoms with Gasteiger partial charge in [0.1, 0.15) is 23.0 Å². The van der Waals surface area contributed by atoms with E-state index in [4.69, 9.17) is 9.15 Å². The van der Waals surface area contributed by atoms with Gasteiger partial charge in [0.15, 0.2) is 0 Å². The Morgan fingerprint density at radius 1 is 0.895 bits per heavy atom. The number of nitrogens with one attached hydrogen (secondary N) is 1. The zero-order valence-electron chi connectivity index (χ0n) is 22.3. The van der Waals surface area contributed by atoms with Crippen molar-refractivity contribution < 1.29 is 22.4 Å². The molecule has 0 bridgehead atoms.